The van der Waals surface area contributed by atoms with Gasteiger partial charge in [0.05, 0.1) is 6.04 Å². The first kappa shape index (κ1) is 25.2. The molecule has 3 unspecified atom stereocenters. The van der Waals surface area contributed by atoms with E-state index in [1.54, 1.807) is 0 Å². The van der Waals surface area contributed by atoms with Crippen LogP contribution in [0.5, 0.6) is 5.75 Å². The van der Waals surface area contributed by atoms with Crippen molar-refractivity contribution < 1.29 is 18.8 Å². The number of para-hydroxylation sites is 1. The van der Waals surface area contributed by atoms with Gasteiger partial charge in [-0.2, -0.15) is 0 Å². The van der Waals surface area contributed by atoms with Gasteiger partial charge in [-0.15, -0.1) is 0 Å². The van der Waals surface area contributed by atoms with Crippen LogP contribution in [0, 0.1) is 11.8 Å². The van der Waals surface area contributed by atoms with Gasteiger partial charge in [-0.25, -0.2) is 0 Å². The maximum Gasteiger partial charge on any atom is 0.226 e. The molecule has 0 bridgehead atoms. The molecular formula is C30H34ClN3O4. The first-order valence-electron chi connectivity index (χ1n) is 13.9. The monoisotopic (exact) mass is 535 g/mol. The SMILES string of the molecule is CC1CCCCC1C(=O)N1CCc2c(Cl)ccc(OCc3noc4ccccc34)c2C1CN1CCCC1=O. The van der Waals surface area contributed by atoms with Gasteiger partial charge < -0.3 is 19.1 Å². The van der Waals surface area contributed by atoms with Gasteiger partial charge in [-0.05, 0) is 61.4 Å². The number of carbonyl (C=O) groups is 2. The molecule has 0 spiro atoms. The Morgan fingerprint density at radius 2 is 1.95 bits per heavy atom. The molecule has 8 heteroatoms. The molecule has 1 saturated heterocycles. The molecular weight excluding hydrogens is 502 g/mol. The molecule has 0 radical (unpaired) electrons. The predicted molar refractivity (Wildman–Crippen MR) is 145 cm³/mol. The van der Waals surface area contributed by atoms with Gasteiger partial charge in [0.1, 0.15) is 18.1 Å². The summed E-state index contributed by atoms with van der Waals surface area (Å²) >= 11 is 6.73. The third-order valence-corrected chi connectivity index (χ3v) is 9.02. The highest BCUT2D eigenvalue weighted by Gasteiger charge is 2.41. The Hall–Kier alpha value is -3.06. The topological polar surface area (TPSA) is 75.9 Å². The van der Waals surface area contributed by atoms with Crippen LogP contribution in [-0.4, -0.2) is 46.4 Å². The van der Waals surface area contributed by atoms with Crippen LogP contribution in [0.1, 0.15) is 68.3 Å². The second-order valence-corrected chi connectivity index (χ2v) is 11.4. The minimum absolute atomic E-state index is 0.0205. The average Bonchev–Trinajstić information content (AvgIpc) is 3.54. The number of fused-ring (bicyclic) bond motifs is 2. The number of likely N-dealkylation sites (tertiary alicyclic amines) is 1. The first-order valence-corrected chi connectivity index (χ1v) is 14.2. The molecule has 1 aliphatic carbocycles. The Morgan fingerprint density at radius 3 is 2.76 bits per heavy atom. The number of aromatic nitrogens is 1. The molecule has 1 aromatic heterocycles. The number of halogens is 1. The molecule has 2 amide bonds. The first-order chi connectivity index (χ1) is 18.5. The molecule has 7 nitrogen and oxygen atoms in total. The lowest BCUT2D eigenvalue weighted by molar-refractivity contribution is -0.143. The minimum atomic E-state index is -0.301. The quantitative estimate of drug-likeness (QED) is 0.391. The lowest BCUT2D eigenvalue weighted by Gasteiger charge is -2.43. The Labute approximate surface area is 228 Å². The Bertz CT molecular complexity index is 1350. The Balaban J connectivity index is 1.36. The summed E-state index contributed by atoms with van der Waals surface area (Å²) in [5.41, 5.74) is 3.36. The van der Waals surface area contributed by atoms with E-state index in [2.05, 4.69) is 12.1 Å². The number of hydrogen-bond acceptors (Lipinski definition) is 5. The van der Waals surface area contributed by atoms with E-state index in [9.17, 15) is 9.59 Å². The van der Waals surface area contributed by atoms with Gasteiger partial charge in [0.25, 0.3) is 0 Å². The fourth-order valence-corrected chi connectivity index (χ4v) is 6.81. The van der Waals surface area contributed by atoms with Crippen molar-refractivity contribution in [1.82, 2.24) is 15.0 Å². The summed E-state index contributed by atoms with van der Waals surface area (Å²) < 4.78 is 11.9. The Morgan fingerprint density at radius 1 is 1.11 bits per heavy atom. The van der Waals surface area contributed by atoms with Crippen LogP contribution in [0.15, 0.2) is 40.9 Å². The molecule has 3 atom stereocenters. The van der Waals surface area contributed by atoms with Crippen LogP contribution >= 0.6 is 11.6 Å². The van der Waals surface area contributed by atoms with Crippen molar-refractivity contribution in [2.45, 2.75) is 64.5 Å². The summed E-state index contributed by atoms with van der Waals surface area (Å²) in [5, 5.41) is 5.81. The summed E-state index contributed by atoms with van der Waals surface area (Å²) in [4.78, 5) is 30.7. The van der Waals surface area contributed by atoms with Crippen LogP contribution in [0.2, 0.25) is 5.02 Å². The van der Waals surface area contributed by atoms with Crippen molar-refractivity contribution in [3.63, 3.8) is 0 Å². The average molecular weight is 536 g/mol. The summed E-state index contributed by atoms with van der Waals surface area (Å²) in [6, 6.07) is 11.2. The predicted octanol–water partition coefficient (Wildman–Crippen LogP) is 5.93. The number of ether oxygens (including phenoxy) is 1. The van der Waals surface area contributed by atoms with E-state index in [1.165, 1.54) is 6.42 Å². The number of benzene rings is 2. The van der Waals surface area contributed by atoms with Crippen molar-refractivity contribution in [3.8, 4) is 5.75 Å². The summed E-state index contributed by atoms with van der Waals surface area (Å²) in [5.74, 6) is 1.42. The van der Waals surface area contributed by atoms with Gasteiger partial charge in [-0.3, -0.25) is 9.59 Å². The van der Waals surface area contributed by atoms with E-state index < -0.39 is 0 Å². The van der Waals surface area contributed by atoms with Gasteiger partial charge in [0.15, 0.2) is 5.58 Å². The highest BCUT2D eigenvalue weighted by molar-refractivity contribution is 6.31. The summed E-state index contributed by atoms with van der Waals surface area (Å²) in [6.07, 6.45) is 6.36. The van der Waals surface area contributed by atoms with E-state index in [1.807, 2.05) is 46.2 Å². The number of carbonyl (C=O) groups excluding carboxylic acids is 2. The summed E-state index contributed by atoms with van der Waals surface area (Å²) in [7, 11) is 0. The van der Waals surface area contributed by atoms with Crippen molar-refractivity contribution in [2.75, 3.05) is 19.6 Å². The zero-order valence-corrected chi connectivity index (χ0v) is 22.6. The highest BCUT2D eigenvalue weighted by Crippen LogP contribution is 2.43. The largest absolute Gasteiger partial charge is 0.487 e. The van der Waals surface area contributed by atoms with Crippen LogP contribution in [0.25, 0.3) is 11.0 Å². The van der Waals surface area contributed by atoms with Crippen LogP contribution in [0.3, 0.4) is 0 Å². The fraction of sp³-hybridized carbons (Fsp3) is 0.500. The lowest BCUT2D eigenvalue weighted by Crippen LogP contribution is -2.49. The maximum atomic E-state index is 14.1. The third-order valence-electron chi connectivity index (χ3n) is 8.67. The van der Waals surface area contributed by atoms with E-state index >= 15 is 0 Å². The molecule has 1 saturated carbocycles. The van der Waals surface area contributed by atoms with Crippen LogP contribution < -0.4 is 4.74 Å². The third kappa shape index (κ3) is 4.66. The van der Waals surface area contributed by atoms with Crippen molar-refractivity contribution >= 4 is 34.4 Å². The normalized spacial score (nSPS) is 23.6. The number of hydrogen-bond donors (Lipinski definition) is 0. The second kappa shape index (κ2) is 10.6. The highest BCUT2D eigenvalue weighted by atomic mass is 35.5. The maximum absolute atomic E-state index is 14.1. The standard InChI is InChI=1S/C30H34ClN3O4/c1-19-7-2-3-8-20(19)30(36)34-16-14-21-23(31)12-13-27(29(21)25(34)17-33-15-6-11-28(33)35)37-18-24-22-9-4-5-10-26(22)38-32-24/h4-5,9-10,12-13,19-20,25H,2-3,6-8,11,14-18H2,1H3. The molecule has 3 aromatic rings. The van der Waals surface area contributed by atoms with Gasteiger partial charge in [0.2, 0.25) is 11.8 Å². The molecule has 3 aliphatic rings. The van der Waals surface area contributed by atoms with Gasteiger partial charge in [-0.1, -0.05) is 48.7 Å². The molecule has 0 N–H and O–H groups in total. The molecule has 3 heterocycles. The van der Waals surface area contributed by atoms with Crippen molar-refractivity contribution in [2.24, 2.45) is 11.8 Å². The lowest BCUT2D eigenvalue weighted by atomic mass is 9.78. The smallest absolute Gasteiger partial charge is 0.226 e. The van der Waals surface area contributed by atoms with Crippen LogP contribution in [0.4, 0.5) is 0 Å². The number of nitrogens with zero attached hydrogens (tertiary/aromatic N) is 3. The van der Waals surface area contributed by atoms with Crippen molar-refractivity contribution in [1.29, 1.82) is 0 Å². The number of amides is 2. The molecule has 200 valence electrons. The van der Waals surface area contributed by atoms with Crippen molar-refractivity contribution in [3.05, 3.63) is 58.2 Å². The molecule has 38 heavy (non-hydrogen) atoms. The van der Waals surface area contributed by atoms with Gasteiger partial charge >= 0.3 is 0 Å². The molecule has 2 fully saturated rings. The molecule has 2 aliphatic heterocycles. The number of rotatable bonds is 6. The van der Waals surface area contributed by atoms with E-state index in [0.29, 0.717) is 54.7 Å². The fourth-order valence-electron chi connectivity index (χ4n) is 6.55. The van der Waals surface area contributed by atoms with E-state index in [4.69, 9.17) is 20.9 Å². The molecule has 2 aromatic carbocycles. The van der Waals surface area contributed by atoms with E-state index in [-0.39, 0.29) is 30.4 Å². The minimum Gasteiger partial charge on any atom is -0.487 e. The molecule has 6 rings (SSSR count). The van der Waals surface area contributed by atoms with E-state index in [0.717, 1.165) is 47.9 Å². The Kier molecular flexibility index (Phi) is 7.04. The zero-order chi connectivity index (χ0) is 26.2. The van der Waals surface area contributed by atoms with Gasteiger partial charge in [0, 0.05) is 47.9 Å². The van der Waals surface area contributed by atoms with Crippen LogP contribution in [-0.2, 0) is 22.6 Å². The summed E-state index contributed by atoms with van der Waals surface area (Å²) in [6.45, 7) is 4.20. The second-order valence-electron chi connectivity index (χ2n) is 11.0. The zero-order valence-electron chi connectivity index (χ0n) is 21.8.